The maximum atomic E-state index is 11.9. The fourth-order valence-corrected chi connectivity index (χ4v) is 2.13. The first-order valence-corrected chi connectivity index (χ1v) is 7.37. The normalized spacial score (nSPS) is 10.5. The molecule has 0 aliphatic rings. The molecule has 0 aliphatic carbocycles. The number of hydrogen-bond acceptors (Lipinski definition) is 2. The zero-order chi connectivity index (χ0) is 14.4. The van der Waals surface area contributed by atoms with Crippen LogP contribution < -0.4 is 10.6 Å². The number of halogens is 1. The lowest BCUT2D eigenvalue weighted by Gasteiger charge is -2.06. The third-order valence-electron chi connectivity index (χ3n) is 2.85. The standard InChI is InChI=1S/C15H18BrN3O/c1-2-17-9-12-7-8-19(10-12)11-15(20)18-14-5-3-13(16)4-6-14/h3-8,10,17H,2,9,11H2,1H3,(H,18,20). The van der Waals surface area contributed by atoms with E-state index in [0.717, 1.165) is 23.2 Å². The summed E-state index contributed by atoms with van der Waals surface area (Å²) in [6.45, 7) is 4.16. The third-order valence-corrected chi connectivity index (χ3v) is 3.37. The van der Waals surface area contributed by atoms with Crippen molar-refractivity contribution in [2.75, 3.05) is 11.9 Å². The fourth-order valence-electron chi connectivity index (χ4n) is 1.86. The number of anilines is 1. The molecule has 1 aromatic heterocycles. The molecule has 0 aliphatic heterocycles. The second-order valence-corrected chi connectivity index (χ2v) is 5.44. The maximum absolute atomic E-state index is 11.9. The van der Waals surface area contributed by atoms with Gasteiger partial charge < -0.3 is 15.2 Å². The molecular formula is C15H18BrN3O. The van der Waals surface area contributed by atoms with Gasteiger partial charge in [0.25, 0.3) is 0 Å². The van der Waals surface area contributed by atoms with Gasteiger partial charge in [0.15, 0.2) is 0 Å². The summed E-state index contributed by atoms with van der Waals surface area (Å²) in [5.41, 5.74) is 1.99. The van der Waals surface area contributed by atoms with Crippen LogP contribution in [0, 0.1) is 0 Å². The van der Waals surface area contributed by atoms with Crippen molar-refractivity contribution < 1.29 is 4.79 Å². The predicted octanol–water partition coefficient (Wildman–Crippen LogP) is 3.00. The molecule has 2 rings (SSSR count). The zero-order valence-corrected chi connectivity index (χ0v) is 13.0. The molecule has 0 radical (unpaired) electrons. The van der Waals surface area contributed by atoms with E-state index in [1.165, 1.54) is 5.56 Å². The molecule has 1 heterocycles. The molecule has 0 atom stereocenters. The largest absolute Gasteiger partial charge is 0.345 e. The minimum absolute atomic E-state index is 0.0297. The van der Waals surface area contributed by atoms with E-state index in [1.807, 2.05) is 47.3 Å². The van der Waals surface area contributed by atoms with E-state index in [0.29, 0.717) is 6.54 Å². The molecule has 0 fully saturated rings. The Morgan fingerprint density at radius 1 is 1.25 bits per heavy atom. The van der Waals surface area contributed by atoms with Crippen molar-refractivity contribution in [1.29, 1.82) is 0 Å². The van der Waals surface area contributed by atoms with Gasteiger partial charge in [-0.15, -0.1) is 0 Å². The van der Waals surface area contributed by atoms with Crippen molar-refractivity contribution in [2.45, 2.75) is 20.0 Å². The summed E-state index contributed by atoms with van der Waals surface area (Å²) in [6.07, 6.45) is 3.91. The molecule has 2 N–H and O–H groups in total. The van der Waals surface area contributed by atoms with E-state index in [9.17, 15) is 4.79 Å². The summed E-state index contributed by atoms with van der Waals surface area (Å²) < 4.78 is 2.88. The number of nitrogens with one attached hydrogen (secondary N) is 2. The van der Waals surface area contributed by atoms with Gasteiger partial charge in [0, 0.05) is 29.1 Å². The molecule has 5 heteroatoms. The number of carbonyl (C=O) groups is 1. The lowest BCUT2D eigenvalue weighted by Crippen LogP contribution is -2.18. The second kappa shape index (κ2) is 7.26. The lowest BCUT2D eigenvalue weighted by molar-refractivity contribution is -0.116. The minimum Gasteiger partial charge on any atom is -0.345 e. The topological polar surface area (TPSA) is 46.1 Å². The molecule has 2 aromatic rings. The summed E-state index contributed by atoms with van der Waals surface area (Å²) in [6, 6.07) is 9.57. The van der Waals surface area contributed by atoms with Gasteiger partial charge in [0.1, 0.15) is 6.54 Å². The van der Waals surface area contributed by atoms with Crippen LogP contribution in [0.4, 0.5) is 5.69 Å². The highest BCUT2D eigenvalue weighted by Crippen LogP contribution is 2.14. The van der Waals surface area contributed by atoms with Crippen molar-refractivity contribution in [3.63, 3.8) is 0 Å². The summed E-state index contributed by atoms with van der Waals surface area (Å²) >= 11 is 3.37. The molecular weight excluding hydrogens is 318 g/mol. The minimum atomic E-state index is -0.0297. The first-order valence-electron chi connectivity index (χ1n) is 6.58. The van der Waals surface area contributed by atoms with Gasteiger partial charge in [0.2, 0.25) is 5.91 Å². The highest BCUT2D eigenvalue weighted by Gasteiger charge is 2.04. The molecule has 1 amide bonds. The van der Waals surface area contributed by atoms with Gasteiger partial charge in [0.05, 0.1) is 0 Å². The van der Waals surface area contributed by atoms with E-state index in [2.05, 4.69) is 33.5 Å². The van der Waals surface area contributed by atoms with Crippen LogP contribution in [-0.4, -0.2) is 17.0 Å². The smallest absolute Gasteiger partial charge is 0.244 e. The van der Waals surface area contributed by atoms with Crippen LogP contribution in [-0.2, 0) is 17.9 Å². The number of aromatic nitrogens is 1. The van der Waals surface area contributed by atoms with Gasteiger partial charge in [-0.2, -0.15) is 0 Å². The van der Waals surface area contributed by atoms with E-state index in [1.54, 1.807) is 0 Å². The lowest BCUT2D eigenvalue weighted by atomic mass is 10.3. The van der Waals surface area contributed by atoms with Crippen molar-refractivity contribution in [1.82, 2.24) is 9.88 Å². The second-order valence-electron chi connectivity index (χ2n) is 4.53. The highest BCUT2D eigenvalue weighted by molar-refractivity contribution is 9.10. The molecule has 1 aromatic carbocycles. The number of carbonyl (C=O) groups excluding carboxylic acids is 1. The summed E-state index contributed by atoms with van der Waals surface area (Å²) in [7, 11) is 0. The first kappa shape index (κ1) is 14.8. The Labute approximate surface area is 127 Å². The molecule has 0 saturated carbocycles. The van der Waals surface area contributed by atoms with Crippen molar-refractivity contribution in [3.8, 4) is 0 Å². The highest BCUT2D eigenvalue weighted by atomic mass is 79.9. The summed E-state index contributed by atoms with van der Waals surface area (Å²) in [5.74, 6) is -0.0297. The number of benzene rings is 1. The summed E-state index contributed by atoms with van der Waals surface area (Å²) in [5, 5.41) is 6.13. The van der Waals surface area contributed by atoms with Crippen LogP contribution in [0.15, 0.2) is 47.2 Å². The van der Waals surface area contributed by atoms with Crippen LogP contribution in [0.25, 0.3) is 0 Å². The van der Waals surface area contributed by atoms with Crippen LogP contribution in [0.2, 0.25) is 0 Å². The van der Waals surface area contributed by atoms with Crippen molar-refractivity contribution >= 4 is 27.5 Å². The Morgan fingerprint density at radius 3 is 2.70 bits per heavy atom. The van der Waals surface area contributed by atoms with E-state index >= 15 is 0 Å². The van der Waals surface area contributed by atoms with Crippen LogP contribution >= 0.6 is 15.9 Å². The fraction of sp³-hybridized carbons (Fsp3) is 0.267. The Kier molecular flexibility index (Phi) is 5.38. The number of rotatable bonds is 6. The van der Waals surface area contributed by atoms with Gasteiger partial charge in [-0.25, -0.2) is 0 Å². The van der Waals surface area contributed by atoms with Crippen LogP contribution in [0.1, 0.15) is 12.5 Å². The van der Waals surface area contributed by atoms with E-state index in [-0.39, 0.29) is 5.91 Å². The average molecular weight is 336 g/mol. The van der Waals surface area contributed by atoms with Gasteiger partial charge in [-0.3, -0.25) is 4.79 Å². The quantitative estimate of drug-likeness (QED) is 0.852. The summed E-state index contributed by atoms with van der Waals surface area (Å²) in [4.78, 5) is 11.9. The number of nitrogens with zero attached hydrogens (tertiary/aromatic N) is 1. The molecule has 4 nitrogen and oxygen atoms in total. The van der Waals surface area contributed by atoms with Gasteiger partial charge in [-0.1, -0.05) is 22.9 Å². The molecule has 0 saturated heterocycles. The Bertz CT molecular complexity index is 563. The van der Waals surface area contributed by atoms with Crippen molar-refractivity contribution in [2.24, 2.45) is 0 Å². The van der Waals surface area contributed by atoms with Crippen molar-refractivity contribution in [3.05, 3.63) is 52.8 Å². The molecule has 0 unspecified atom stereocenters. The average Bonchev–Trinajstić information content (AvgIpc) is 2.86. The Morgan fingerprint density at radius 2 is 2.00 bits per heavy atom. The third kappa shape index (κ3) is 4.51. The van der Waals surface area contributed by atoms with Crippen LogP contribution in [0.5, 0.6) is 0 Å². The molecule has 106 valence electrons. The maximum Gasteiger partial charge on any atom is 0.244 e. The Hall–Kier alpha value is -1.59. The van der Waals surface area contributed by atoms with E-state index < -0.39 is 0 Å². The zero-order valence-electron chi connectivity index (χ0n) is 11.4. The molecule has 0 bridgehead atoms. The molecule has 20 heavy (non-hydrogen) atoms. The predicted molar refractivity (Wildman–Crippen MR) is 84.6 cm³/mol. The Balaban J connectivity index is 1.87. The SMILES string of the molecule is CCNCc1ccn(CC(=O)Nc2ccc(Br)cc2)c1. The number of amides is 1. The van der Waals surface area contributed by atoms with Gasteiger partial charge in [-0.05, 0) is 42.4 Å². The first-order chi connectivity index (χ1) is 9.67. The monoisotopic (exact) mass is 335 g/mol. The molecule has 0 spiro atoms. The van der Waals surface area contributed by atoms with Crippen LogP contribution in [0.3, 0.4) is 0 Å². The number of hydrogen-bond donors (Lipinski definition) is 2. The van der Waals surface area contributed by atoms with E-state index in [4.69, 9.17) is 0 Å². The van der Waals surface area contributed by atoms with Gasteiger partial charge >= 0.3 is 0 Å².